The topological polar surface area (TPSA) is 90.3 Å². The quantitative estimate of drug-likeness (QED) is 0.693. The first-order valence-electron chi connectivity index (χ1n) is 12.0. The summed E-state index contributed by atoms with van der Waals surface area (Å²) in [6, 6.07) is 10.3. The minimum atomic E-state index is -1.14. The molecule has 7 heteroatoms. The number of esters is 1. The van der Waals surface area contributed by atoms with E-state index in [0.717, 1.165) is 51.7 Å². The Labute approximate surface area is 191 Å². The van der Waals surface area contributed by atoms with E-state index in [4.69, 9.17) is 4.74 Å². The Balaban J connectivity index is 1.66. The molecule has 2 atom stereocenters. The summed E-state index contributed by atoms with van der Waals surface area (Å²) in [5, 5.41) is 20.6. The van der Waals surface area contributed by atoms with Crippen LogP contribution in [0.4, 0.5) is 0 Å². The van der Waals surface area contributed by atoms with Gasteiger partial charge in [-0.1, -0.05) is 43.7 Å². The van der Waals surface area contributed by atoms with Gasteiger partial charge in [0.15, 0.2) is 0 Å². The second-order valence-corrected chi connectivity index (χ2v) is 9.26. The fraction of sp³-hybridized carbons (Fsp3) is 0.680. The molecular weight excluding hydrogens is 408 g/mol. The van der Waals surface area contributed by atoms with Crippen molar-refractivity contribution in [1.82, 2.24) is 9.80 Å². The summed E-state index contributed by atoms with van der Waals surface area (Å²) in [7, 11) is 0. The molecule has 0 aromatic heterocycles. The fourth-order valence-electron chi connectivity index (χ4n) is 4.79. The highest BCUT2D eigenvalue weighted by Crippen LogP contribution is 2.38. The highest BCUT2D eigenvalue weighted by molar-refractivity contribution is 5.77. The van der Waals surface area contributed by atoms with E-state index in [0.29, 0.717) is 19.5 Å². The van der Waals surface area contributed by atoms with E-state index in [1.165, 1.54) is 5.56 Å². The minimum absolute atomic E-state index is 0.0535. The zero-order valence-electron chi connectivity index (χ0n) is 19.2. The molecule has 0 radical (unpaired) electrons. The number of rotatable bonds is 3. The number of hydrogen-bond donors (Lipinski definition) is 2. The number of likely N-dealkylation sites (tertiary alicyclic amines) is 1. The zero-order chi connectivity index (χ0) is 23.0. The molecule has 0 unspecified atom stereocenters. The van der Waals surface area contributed by atoms with Crippen molar-refractivity contribution in [2.45, 2.75) is 70.6 Å². The molecule has 2 heterocycles. The standard InChI is InChI=1S/C25H38N2O5/c1-2-23(30)27-14-7-6-11-25(24(31)32-19-22(29)21(28)10-15-27)12-16-26(17-13-25)18-20-8-4-3-5-9-20/h3-5,8-9,21-22,28-29H,2,6-7,10-19H2,1H3/t21-,22+/m0/s1. The van der Waals surface area contributed by atoms with E-state index in [2.05, 4.69) is 17.0 Å². The molecule has 0 saturated carbocycles. The van der Waals surface area contributed by atoms with E-state index >= 15 is 0 Å². The van der Waals surface area contributed by atoms with Gasteiger partial charge in [0.05, 0.1) is 11.5 Å². The van der Waals surface area contributed by atoms with Gasteiger partial charge < -0.3 is 19.8 Å². The van der Waals surface area contributed by atoms with Crippen LogP contribution in [0.2, 0.25) is 0 Å². The van der Waals surface area contributed by atoms with Crippen LogP contribution in [0.1, 0.15) is 57.4 Å². The van der Waals surface area contributed by atoms with Gasteiger partial charge in [0.1, 0.15) is 12.7 Å². The van der Waals surface area contributed by atoms with Crippen LogP contribution in [0.15, 0.2) is 30.3 Å². The molecule has 2 fully saturated rings. The lowest BCUT2D eigenvalue weighted by Gasteiger charge is -2.40. The molecule has 2 aliphatic heterocycles. The average Bonchev–Trinajstić information content (AvgIpc) is 2.83. The Morgan fingerprint density at radius 2 is 1.75 bits per heavy atom. The predicted octanol–water partition coefficient (Wildman–Crippen LogP) is 2.35. The highest BCUT2D eigenvalue weighted by Gasteiger charge is 2.42. The lowest BCUT2D eigenvalue weighted by molar-refractivity contribution is -0.165. The molecule has 2 N–H and O–H groups in total. The van der Waals surface area contributed by atoms with Gasteiger partial charge in [-0.2, -0.15) is 0 Å². The molecule has 1 spiro atoms. The first-order chi connectivity index (χ1) is 15.4. The van der Waals surface area contributed by atoms with Crippen molar-refractivity contribution in [3.8, 4) is 0 Å². The predicted molar refractivity (Wildman–Crippen MR) is 122 cm³/mol. The Hall–Kier alpha value is -1.96. The average molecular weight is 447 g/mol. The van der Waals surface area contributed by atoms with Crippen LogP contribution in [0.25, 0.3) is 0 Å². The number of ether oxygens (including phenoxy) is 1. The van der Waals surface area contributed by atoms with Crippen molar-refractivity contribution >= 4 is 11.9 Å². The number of carbonyl (C=O) groups excluding carboxylic acids is 2. The third kappa shape index (κ3) is 6.53. The van der Waals surface area contributed by atoms with Crippen molar-refractivity contribution in [3.63, 3.8) is 0 Å². The minimum Gasteiger partial charge on any atom is -0.462 e. The SMILES string of the molecule is CCC(=O)N1CCCCC2(CCN(Cc3ccccc3)CC2)C(=O)OC[C@@H](O)[C@@H](O)CC1. The Morgan fingerprint density at radius 1 is 1.03 bits per heavy atom. The molecule has 2 aliphatic rings. The van der Waals surface area contributed by atoms with Crippen LogP contribution in [0.5, 0.6) is 0 Å². The fourth-order valence-corrected chi connectivity index (χ4v) is 4.79. The second-order valence-electron chi connectivity index (χ2n) is 9.26. The van der Waals surface area contributed by atoms with Crippen molar-refractivity contribution in [2.24, 2.45) is 5.41 Å². The summed E-state index contributed by atoms with van der Waals surface area (Å²) >= 11 is 0. The number of cyclic esters (lactones) is 1. The first kappa shape index (κ1) is 24.7. The van der Waals surface area contributed by atoms with Gasteiger partial charge in [-0.3, -0.25) is 14.5 Å². The largest absolute Gasteiger partial charge is 0.462 e. The van der Waals surface area contributed by atoms with Gasteiger partial charge >= 0.3 is 5.97 Å². The third-order valence-electron chi connectivity index (χ3n) is 7.01. The second kappa shape index (κ2) is 11.8. The first-order valence-corrected chi connectivity index (χ1v) is 12.0. The van der Waals surface area contributed by atoms with Gasteiger partial charge in [-0.25, -0.2) is 0 Å². The Morgan fingerprint density at radius 3 is 2.44 bits per heavy atom. The molecule has 1 amide bonds. The maximum atomic E-state index is 13.1. The summed E-state index contributed by atoms with van der Waals surface area (Å²) < 4.78 is 5.53. The van der Waals surface area contributed by atoms with Crippen LogP contribution < -0.4 is 0 Å². The number of nitrogens with zero attached hydrogens (tertiary/aromatic N) is 2. The van der Waals surface area contributed by atoms with Crippen molar-refractivity contribution in [3.05, 3.63) is 35.9 Å². The van der Waals surface area contributed by atoms with Crippen LogP contribution in [0, 0.1) is 5.41 Å². The summed E-state index contributed by atoms with van der Waals surface area (Å²) in [6.07, 6.45) is 2.32. The number of amides is 1. The Kier molecular flexibility index (Phi) is 9.08. The highest BCUT2D eigenvalue weighted by atomic mass is 16.5. The lowest BCUT2D eigenvalue weighted by Crippen LogP contribution is -2.45. The lowest BCUT2D eigenvalue weighted by atomic mass is 9.74. The smallest absolute Gasteiger partial charge is 0.312 e. The molecule has 2 saturated heterocycles. The summed E-state index contributed by atoms with van der Waals surface area (Å²) in [5.41, 5.74) is 0.699. The maximum absolute atomic E-state index is 13.1. The number of carbonyl (C=O) groups is 2. The number of aliphatic hydroxyl groups is 2. The summed E-state index contributed by atoms with van der Waals surface area (Å²) in [6.45, 7) is 5.13. The van der Waals surface area contributed by atoms with Crippen LogP contribution in [-0.2, 0) is 20.9 Å². The molecule has 1 aromatic rings. The van der Waals surface area contributed by atoms with Crippen LogP contribution >= 0.6 is 0 Å². The van der Waals surface area contributed by atoms with Gasteiger partial charge in [-0.15, -0.1) is 0 Å². The molecule has 3 rings (SSSR count). The number of benzene rings is 1. The van der Waals surface area contributed by atoms with Gasteiger partial charge in [0, 0.05) is 26.1 Å². The van der Waals surface area contributed by atoms with Gasteiger partial charge in [0.2, 0.25) is 5.91 Å². The summed E-state index contributed by atoms with van der Waals surface area (Å²) in [5.74, 6) is -0.207. The van der Waals surface area contributed by atoms with Gasteiger partial charge in [-0.05, 0) is 50.8 Å². The van der Waals surface area contributed by atoms with Crippen molar-refractivity contribution in [2.75, 3.05) is 32.8 Å². The maximum Gasteiger partial charge on any atom is 0.312 e. The van der Waals surface area contributed by atoms with E-state index < -0.39 is 17.6 Å². The number of aliphatic hydroxyl groups excluding tert-OH is 2. The number of hydrogen-bond acceptors (Lipinski definition) is 6. The monoisotopic (exact) mass is 446 g/mol. The van der Waals surface area contributed by atoms with Crippen LogP contribution in [0.3, 0.4) is 0 Å². The van der Waals surface area contributed by atoms with E-state index in [-0.39, 0.29) is 24.9 Å². The van der Waals surface area contributed by atoms with E-state index in [1.54, 1.807) is 4.90 Å². The molecule has 7 nitrogen and oxygen atoms in total. The van der Waals surface area contributed by atoms with Gasteiger partial charge in [0.25, 0.3) is 0 Å². The van der Waals surface area contributed by atoms with E-state index in [9.17, 15) is 19.8 Å². The Bertz CT molecular complexity index is 733. The normalized spacial score (nSPS) is 26.0. The third-order valence-corrected chi connectivity index (χ3v) is 7.01. The zero-order valence-corrected chi connectivity index (χ0v) is 19.2. The molecule has 178 valence electrons. The van der Waals surface area contributed by atoms with Crippen molar-refractivity contribution in [1.29, 1.82) is 0 Å². The van der Waals surface area contributed by atoms with E-state index in [1.807, 2.05) is 25.1 Å². The molecule has 32 heavy (non-hydrogen) atoms. The molecule has 0 bridgehead atoms. The van der Waals surface area contributed by atoms with Crippen molar-refractivity contribution < 1.29 is 24.5 Å². The molecular formula is C25H38N2O5. The van der Waals surface area contributed by atoms with Crippen LogP contribution in [-0.4, -0.2) is 76.9 Å². The molecule has 1 aromatic carbocycles. The molecule has 0 aliphatic carbocycles. The number of piperidine rings is 1. The summed E-state index contributed by atoms with van der Waals surface area (Å²) in [4.78, 5) is 29.5.